The summed E-state index contributed by atoms with van der Waals surface area (Å²) in [5.74, 6) is -0.454. The van der Waals surface area contributed by atoms with Crippen molar-refractivity contribution in [2.75, 3.05) is 18.4 Å². The van der Waals surface area contributed by atoms with Gasteiger partial charge < -0.3 is 15.0 Å². The third-order valence-electron chi connectivity index (χ3n) is 4.14. The number of likely N-dealkylation sites (tertiary alicyclic amines) is 1. The molecule has 3 rings (SSSR count). The van der Waals surface area contributed by atoms with E-state index in [0.29, 0.717) is 19.1 Å². The lowest BCUT2D eigenvalue weighted by Gasteiger charge is -2.32. The van der Waals surface area contributed by atoms with E-state index in [1.54, 1.807) is 29.4 Å². The lowest BCUT2D eigenvalue weighted by molar-refractivity contribution is 0.0982. The smallest absolute Gasteiger partial charge is 0.322 e. The fraction of sp³-hybridized carbons (Fsp3) is 0.389. The number of carbonyl (C=O) groups is 1. The van der Waals surface area contributed by atoms with Crippen LogP contribution in [0.1, 0.15) is 25.3 Å². The molecule has 0 spiro atoms. The van der Waals surface area contributed by atoms with Gasteiger partial charge in [0.2, 0.25) is 0 Å². The zero-order valence-corrected chi connectivity index (χ0v) is 14.1. The third kappa shape index (κ3) is 4.43. The number of urea groups is 1. The van der Waals surface area contributed by atoms with Gasteiger partial charge in [0.25, 0.3) is 0 Å². The molecular formula is C18H21FN4O2. The molecule has 2 aromatic rings. The Hall–Kier alpha value is -2.70. The fourth-order valence-electron chi connectivity index (χ4n) is 2.71. The second-order valence-electron chi connectivity index (χ2n) is 5.97. The molecule has 1 atom stereocenters. The Morgan fingerprint density at radius 2 is 2.12 bits per heavy atom. The Morgan fingerprint density at radius 1 is 1.36 bits per heavy atom. The van der Waals surface area contributed by atoms with Crippen molar-refractivity contribution in [1.82, 2.24) is 14.9 Å². The van der Waals surface area contributed by atoms with E-state index in [1.807, 2.05) is 6.92 Å². The van der Waals surface area contributed by atoms with Crippen LogP contribution in [0.5, 0.6) is 6.01 Å². The van der Waals surface area contributed by atoms with Gasteiger partial charge in [0, 0.05) is 18.9 Å². The van der Waals surface area contributed by atoms with Crippen LogP contribution in [0.4, 0.5) is 14.9 Å². The summed E-state index contributed by atoms with van der Waals surface area (Å²) in [6.07, 6.45) is 5.81. The molecule has 1 aliphatic rings. The molecule has 6 nitrogen and oxygen atoms in total. The molecule has 0 aliphatic carbocycles. The number of para-hydroxylation sites is 1. The lowest BCUT2D eigenvalue weighted by atomic mass is 10.1. The van der Waals surface area contributed by atoms with Gasteiger partial charge in [0.15, 0.2) is 0 Å². The van der Waals surface area contributed by atoms with Crippen LogP contribution in [0.2, 0.25) is 0 Å². The van der Waals surface area contributed by atoms with Crippen LogP contribution >= 0.6 is 0 Å². The molecule has 1 saturated heterocycles. The van der Waals surface area contributed by atoms with Gasteiger partial charge >= 0.3 is 12.0 Å². The first-order valence-corrected chi connectivity index (χ1v) is 8.43. The van der Waals surface area contributed by atoms with Crippen molar-refractivity contribution in [2.24, 2.45) is 0 Å². The van der Waals surface area contributed by atoms with Crippen molar-refractivity contribution < 1.29 is 13.9 Å². The number of amides is 2. The summed E-state index contributed by atoms with van der Waals surface area (Å²) >= 11 is 0. The molecule has 1 aliphatic heterocycles. The summed E-state index contributed by atoms with van der Waals surface area (Å²) in [7, 11) is 0. The maximum atomic E-state index is 13.7. The Morgan fingerprint density at radius 3 is 2.84 bits per heavy atom. The second kappa shape index (κ2) is 7.92. The molecular weight excluding hydrogens is 323 g/mol. The SMILES string of the molecule is CCc1cnc(OC2CCCN(C(=O)Nc3ccccc3F)C2)nc1. The van der Waals surface area contributed by atoms with Crippen LogP contribution in [-0.2, 0) is 6.42 Å². The minimum atomic E-state index is -0.454. The summed E-state index contributed by atoms with van der Waals surface area (Å²) < 4.78 is 19.5. The summed E-state index contributed by atoms with van der Waals surface area (Å²) in [4.78, 5) is 22.4. The Labute approximate surface area is 146 Å². The predicted octanol–water partition coefficient (Wildman–Crippen LogP) is 3.25. The lowest BCUT2D eigenvalue weighted by Crippen LogP contribution is -2.46. The molecule has 0 saturated carbocycles. The van der Waals surface area contributed by atoms with E-state index in [1.165, 1.54) is 12.1 Å². The maximum absolute atomic E-state index is 13.7. The highest BCUT2D eigenvalue weighted by Crippen LogP contribution is 2.18. The first-order valence-electron chi connectivity index (χ1n) is 8.43. The largest absolute Gasteiger partial charge is 0.458 e. The Balaban J connectivity index is 1.58. The fourth-order valence-corrected chi connectivity index (χ4v) is 2.71. The molecule has 2 amide bonds. The van der Waals surface area contributed by atoms with Crippen molar-refractivity contribution in [3.8, 4) is 6.01 Å². The zero-order valence-electron chi connectivity index (χ0n) is 14.1. The van der Waals surface area contributed by atoms with Gasteiger partial charge in [-0.2, -0.15) is 0 Å². The standard InChI is InChI=1S/C18H21FN4O2/c1-2-13-10-20-17(21-11-13)25-14-6-5-9-23(12-14)18(24)22-16-8-4-3-7-15(16)19/h3-4,7-8,10-11,14H,2,5-6,9,12H2,1H3,(H,22,24). The minimum Gasteiger partial charge on any atom is -0.458 e. The molecule has 0 radical (unpaired) electrons. The van der Waals surface area contributed by atoms with Gasteiger partial charge in [0.1, 0.15) is 11.9 Å². The van der Waals surface area contributed by atoms with Gasteiger partial charge in [0.05, 0.1) is 12.2 Å². The van der Waals surface area contributed by atoms with Gasteiger partial charge in [-0.25, -0.2) is 19.2 Å². The summed E-state index contributed by atoms with van der Waals surface area (Å²) in [6.45, 7) is 3.06. The molecule has 1 unspecified atom stereocenters. The second-order valence-corrected chi connectivity index (χ2v) is 5.97. The van der Waals surface area contributed by atoms with Crippen LogP contribution in [0.3, 0.4) is 0 Å². The number of nitrogens with one attached hydrogen (secondary N) is 1. The van der Waals surface area contributed by atoms with Crippen molar-refractivity contribution in [2.45, 2.75) is 32.3 Å². The van der Waals surface area contributed by atoms with Crippen molar-refractivity contribution in [3.05, 3.63) is 48.0 Å². The number of ether oxygens (including phenoxy) is 1. The van der Waals surface area contributed by atoms with E-state index in [-0.39, 0.29) is 17.8 Å². The molecule has 2 heterocycles. The monoisotopic (exact) mass is 344 g/mol. The third-order valence-corrected chi connectivity index (χ3v) is 4.14. The van der Waals surface area contributed by atoms with E-state index in [4.69, 9.17) is 4.74 Å². The van der Waals surface area contributed by atoms with Gasteiger partial charge in [-0.3, -0.25) is 0 Å². The maximum Gasteiger partial charge on any atom is 0.322 e. The van der Waals surface area contributed by atoms with Crippen molar-refractivity contribution in [3.63, 3.8) is 0 Å². The number of nitrogens with zero attached hydrogens (tertiary/aromatic N) is 3. The number of rotatable bonds is 4. The van der Waals surface area contributed by atoms with Gasteiger partial charge in [-0.1, -0.05) is 19.1 Å². The molecule has 132 valence electrons. The van der Waals surface area contributed by atoms with E-state index < -0.39 is 5.82 Å². The molecule has 1 aromatic heterocycles. The van der Waals surface area contributed by atoms with E-state index >= 15 is 0 Å². The normalized spacial score (nSPS) is 17.2. The zero-order chi connectivity index (χ0) is 17.6. The highest BCUT2D eigenvalue weighted by atomic mass is 19.1. The van der Waals surface area contributed by atoms with Crippen LogP contribution in [0, 0.1) is 5.82 Å². The number of hydrogen-bond acceptors (Lipinski definition) is 4. The number of aryl methyl sites for hydroxylation is 1. The first-order chi connectivity index (χ1) is 12.2. The van der Waals surface area contributed by atoms with Crippen LogP contribution < -0.4 is 10.1 Å². The van der Waals surface area contributed by atoms with E-state index in [2.05, 4.69) is 15.3 Å². The Bertz CT molecular complexity index is 723. The van der Waals surface area contributed by atoms with Crippen molar-refractivity contribution in [1.29, 1.82) is 0 Å². The number of anilines is 1. The number of hydrogen-bond donors (Lipinski definition) is 1. The molecule has 7 heteroatoms. The van der Waals surface area contributed by atoms with E-state index in [9.17, 15) is 9.18 Å². The number of halogens is 1. The summed E-state index contributed by atoms with van der Waals surface area (Å²) in [6, 6.07) is 6.10. The summed E-state index contributed by atoms with van der Waals surface area (Å²) in [5.41, 5.74) is 1.22. The summed E-state index contributed by atoms with van der Waals surface area (Å²) in [5, 5.41) is 2.60. The van der Waals surface area contributed by atoms with E-state index in [0.717, 1.165) is 24.8 Å². The molecule has 25 heavy (non-hydrogen) atoms. The average Bonchev–Trinajstić information content (AvgIpc) is 2.64. The van der Waals surface area contributed by atoms with Crippen molar-refractivity contribution >= 4 is 11.7 Å². The van der Waals surface area contributed by atoms with Crippen LogP contribution in [-0.4, -0.2) is 40.1 Å². The number of carbonyl (C=O) groups excluding carboxylic acids is 1. The highest BCUT2D eigenvalue weighted by Gasteiger charge is 2.26. The molecule has 0 bridgehead atoms. The van der Waals surface area contributed by atoms with Crippen LogP contribution in [0.25, 0.3) is 0 Å². The van der Waals surface area contributed by atoms with Gasteiger partial charge in [-0.15, -0.1) is 0 Å². The first kappa shape index (κ1) is 17.1. The molecule has 1 aromatic carbocycles. The quantitative estimate of drug-likeness (QED) is 0.924. The molecule has 1 N–H and O–H groups in total. The van der Waals surface area contributed by atoms with Gasteiger partial charge in [-0.05, 0) is 37.0 Å². The Kier molecular flexibility index (Phi) is 5.42. The highest BCUT2D eigenvalue weighted by molar-refractivity contribution is 5.89. The average molecular weight is 344 g/mol. The number of piperidine rings is 1. The minimum absolute atomic E-state index is 0.174. The number of aromatic nitrogens is 2. The topological polar surface area (TPSA) is 67.3 Å². The van der Waals surface area contributed by atoms with Crippen LogP contribution in [0.15, 0.2) is 36.7 Å². The molecule has 1 fully saturated rings. The number of benzene rings is 1. The predicted molar refractivity (Wildman–Crippen MR) is 92.1 cm³/mol.